The normalized spacial score (nSPS) is 12.5. The van der Waals surface area contributed by atoms with E-state index in [1.54, 1.807) is 6.08 Å². The van der Waals surface area contributed by atoms with Crippen LogP contribution in [-0.4, -0.2) is 25.0 Å². The number of rotatable bonds is 5. The number of para-hydroxylation sites is 1. The summed E-state index contributed by atoms with van der Waals surface area (Å²) < 4.78 is 5.46. The van der Waals surface area contributed by atoms with Crippen molar-refractivity contribution in [3.05, 3.63) is 64.7 Å². The van der Waals surface area contributed by atoms with Crippen LogP contribution in [-0.2, 0) is 16.0 Å². The van der Waals surface area contributed by atoms with Gasteiger partial charge in [0.05, 0.1) is 13.2 Å². The lowest BCUT2D eigenvalue weighted by molar-refractivity contribution is -0.121. The van der Waals surface area contributed by atoms with Crippen molar-refractivity contribution in [2.75, 3.05) is 18.5 Å². The van der Waals surface area contributed by atoms with Gasteiger partial charge in [0, 0.05) is 18.2 Å². The molecular weight excluding hydrogens is 328 g/mol. The van der Waals surface area contributed by atoms with Crippen molar-refractivity contribution in [2.24, 2.45) is 0 Å². The zero-order chi connectivity index (χ0) is 18.5. The summed E-state index contributed by atoms with van der Waals surface area (Å²) >= 11 is 0. The van der Waals surface area contributed by atoms with E-state index in [4.69, 9.17) is 4.74 Å². The number of anilines is 1. The molecule has 26 heavy (non-hydrogen) atoms. The van der Waals surface area contributed by atoms with Gasteiger partial charge in [0.2, 0.25) is 11.8 Å². The minimum Gasteiger partial charge on any atom is -0.493 e. The third-order valence-electron chi connectivity index (χ3n) is 4.31. The van der Waals surface area contributed by atoms with Crippen LogP contribution >= 0.6 is 0 Å². The van der Waals surface area contributed by atoms with E-state index in [1.165, 1.54) is 6.08 Å². The Kier molecular flexibility index (Phi) is 5.37. The van der Waals surface area contributed by atoms with Crippen molar-refractivity contribution in [3.63, 3.8) is 0 Å². The van der Waals surface area contributed by atoms with Crippen LogP contribution in [0.15, 0.2) is 42.5 Å². The SMILES string of the molecule is Cc1cccc(C)c1NC(=O)CNC(=O)/C=C/c1ccc2c(c1)CCO2. The molecule has 5 nitrogen and oxygen atoms in total. The lowest BCUT2D eigenvalue weighted by Crippen LogP contribution is -2.32. The smallest absolute Gasteiger partial charge is 0.244 e. The van der Waals surface area contributed by atoms with E-state index < -0.39 is 0 Å². The number of carbonyl (C=O) groups is 2. The Morgan fingerprint density at radius 2 is 1.92 bits per heavy atom. The highest BCUT2D eigenvalue weighted by molar-refractivity contribution is 5.98. The Bertz CT molecular complexity index is 851. The molecule has 134 valence electrons. The molecule has 3 rings (SSSR count). The number of nitrogens with one attached hydrogen (secondary N) is 2. The number of ether oxygens (including phenoxy) is 1. The predicted octanol–water partition coefficient (Wildman–Crippen LogP) is 3.01. The maximum absolute atomic E-state index is 12.1. The lowest BCUT2D eigenvalue weighted by Gasteiger charge is -2.11. The van der Waals surface area contributed by atoms with E-state index in [0.29, 0.717) is 6.61 Å². The van der Waals surface area contributed by atoms with Crippen molar-refractivity contribution in [1.82, 2.24) is 5.32 Å². The summed E-state index contributed by atoms with van der Waals surface area (Å²) in [6.45, 7) is 4.50. The van der Waals surface area contributed by atoms with Gasteiger partial charge in [-0.1, -0.05) is 24.3 Å². The quantitative estimate of drug-likeness (QED) is 0.815. The molecule has 0 aliphatic carbocycles. The molecule has 0 spiro atoms. The van der Waals surface area contributed by atoms with Gasteiger partial charge in [0.1, 0.15) is 5.75 Å². The zero-order valence-electron chi connectivity index (χ0n) is 15.0. The number of fused-ring (bicyclic) bond motifs is 1. The summed E-state index contributed by atoms with van der Waals surface area (Å²) in [5.74, 6) is 0.354. The highest BCUT2D eigenvalue weighted by Crippen LogP contribution is 2.26. The molecule has 2 N–H and O–H groups in total. The summed E-state index contributed by atoms with van der Waals surface area (Å²) in [5, 5.41) is 5.45. The second-order valence-electron chi connectivity index (χ2n) is 6.33. The first-order chi connectivity index (χ1) is 12.5. The Balaban J connectivity index is 1.51. The first-order valence-electron chi connectivity index (χ1n) is 8.60. The topological polar surface area (TPSA) is 67.4 Å². The van der Waals surface area contributed by atoms with Gasteiger partial charge in [-0.3, -0.25) is 9.59 Å². The van der Waals surface area contributed by atoms with Gasteiger partial charge in [0.15, 0.2) is 0 Å². The number of hydrogen-bond donors (Lipinski definition) is 2. The van der Waals surface area contributed by atoms with Crippen LogP contribution in [0.3, 0.4) is 0 Å². The standard InChI is InChI=1S/C21H22N2O3/c1-14-4-3-5-15(2)21(14)23-20(25)13-22-19(24)9-7-16-6-8-18-17(12-16)10-11-26-18/h3-9,12H,10-11,13H2,1-2H3,(H,22,24)(H,23,25)/b9-7+. The van der Waals surface area contributed by atoms with E-state index in [9.17, 15) is 9.59 Å². The number of carbonyl (C=O) groups excluding carboxylic acids is 2. The summed E-state index contributed by atoms with van der Waals surface area (Å²) in [4.78, 5) is 24.0. The molecule has 2 aromatic rings. The van der Waals surface area contributed by atoms with Crippen molar-refractivity contribution in [1.29, 1.82) is 0 Å². The summed E-state index contributed by atoms with van der Waals surface area (Å²) in [6.07, 6.45) is 4.06. The summed E-state index contributed by atoms with van der Waals surface area (Å²) in [7, 11) is 0. The molecule has 2 amide bonds. The fraction of sp³-hybridized carbons (Fsp3) is 0.238. The summed E-state index contributed by atoms with van der Waals surface area (Å²) in [5.41, 5.74) is 4.86. The maximum atomic E-state index is 12.1. The van der Waals surface area contributed by atoms with Crippen molar-refractivity contribution >= 4 is 23.6 Å². The molecule has 1 aliphatic heterocycles. The minimum atomic E-state index is -0.307. The van der Waals surface area contributed by atoms with E-state index in [-0.39, 0.29) is 18.4 Å². The highest BCUT2D eigenvalue weighted by Gasteiger charge is 2.11. The first kappa shape index (κ1) is 17.7. The largest absolute Gasteiger partial charge is 0.493 e. The Labute approximate surface area is 153 Å². The fourth-order valence-corrected chi connectivity index (χ4v) is 2.90. The van der Waals surface area contributed by atoms with E-state index in [2.05, 4.69) is 10.6 Å². The van der Waals surface area contributed by atoms with Gasteiger partial charge in [-0.25, -0.2) is 0 Å². The molecule has 0 bridgehead atoms. The van der Waals surface area contributed by atoms with Gasteiger partial charge in [-0.2, -0.15) is 0 Å². The van der Waals surface area contributed by atoms with E-state index in [0.717, 1.165) is 40.1 Å². The molecule has 5 heteroatoms. The fourth-order valence-electron chi connectivity index (χ4n) is 2.90. The van der Waals surface area contributed by atoms with Gasteiger partial charge >= 0.3 is 0 Å². The number of benzene rings is 2. The molecule has 2 aromatic carbocycles. The second kappa shape index (κ2) is 7.87. The monoisotopic (exact) mass is 350 g/mol. The molecule has 0 fully saturated rings. The third kappa shape index (κ3) is 4.30. The summed E-state index contributed by atoms with van der Waals surface area (Å²) in [6, 6.07) is 11.6. The van der Waals surface area contributed by atoms with Crippen LogP contribution in [0.4, 0.5) is 5.69 Å². The van der Waals surface area contributed by atoms with E-state index >= 15 is 0 Å². The van der Waals surface area contributed by atoms with Gasteiger partial charge in [-0.15, -0.1) is 0 Å². The molecular formula is C21H22N2O3. The Hall–Kier alpha value is -3.08. The molecule has 0 saturated heterocycles. The third-order valence-corrected chi connectivity index (χ3v) is 4.31. The molecule has 0 atom stereocenters. The molecule has 0 aromatic heterocycles. The minimum absolute atomic E-state index is 0.0744. The van der Waals surface area contributed by atoms with Gasteiger partial charge < -0.3 is 15.4 Å². The van der Waals surface area contributed by atoms with Crippen molar-refractivity contribution in [2.45, 2.75) is 20.3 Å². The molecule has 0 saturated carbocycles. The Morgan fingerprint density at radius 1 is 1.15 bits per heavy atom. The Morgan fingerprint density at radius 3 is 2.69 bits per heavy atom. The van der Waals surface area contributed by atoms with Crippen LogP contribution < -0.4 is 15.4 Å². The van der Waals surface area contributed by atoms with Crippen molar-refractivity contribution < 1.29 is 14.3 Å². The van der Waals surface area contributed by atoms with Crippen LogP contribution in [0.1, 0.15) is 22.3 Å². The molecule has 0 unspecified atom stereocenters. The first-order valence-corrected chi connectivity index (χ1v) is 8.60. The van der Waals surface area contributed by atoms with Crippen molar-refractivity contribution in [3.8, 4) is 5.75 Å². The van der Waals surface area contributed by atoms with E-state index in [1.807, 2.05) is 50.2 Å². The second-order valence-corrected chi connectivity index (χ2v) is 6.33. The zero-order valence-corrected chi connectivity index (χ0v) is 15.0. The average molecular weight is 350 g/mol. The molecule has 1 heterocycles. The predicted molar refractivity (Wildman–Crippen MR) is 102 cm³/mol. The van der Waals surface area contributed by atoms with Gasteiger partial charge in [-0.05, 0) is 54.3 Å². The number of aryl methyl sites for hydroxylation is 2. The van der Waals surface area contributed by atoms with Crippen LogP contribution in [0.2, 0.25) is 0 Å². The number of amides is 2. The number of hydrogen-bond acceptors (Lipinski definition) is 3. The van der Waals surface area contributed by atoms with Gasteiger partial charge in [0.25, 0.3) is 0 Å². The average Bonchev–Trinajstić information content (AvgIpc) is 3.09. The van der Waals surface area contributed by atoms with Crippen LogP contribution in [0.25, 0.3) is 6.08 Å². The lowest BCUT2D eigenvalue weighted by atomic mass is 10.1. The molecule has 1 aliphatic rings. The maximum Gasteiger partial charge on any atom is 0.244 e. The van der Waals surface area contributed by atoms with Crippen LogP contribution in [0, 0.1) is 13.8 Å². The van der Waals surface area contributed by atoms with Crippen LogP contribution in [0.5, 0.6) is 5.75 Å². The highest BCUT2D eigenvalue weighted by atomic mass is 16.5. The molecule has 0 radical (unpaired) electrons.